The molecule has 0 aliphatic carbocycles. The van der Waals surface area contributed by atoms with Gasteiger partial charge in [-0.2, -0.15) is 0 Å². The molecule has 0 saturated carbocycles. The van der Waals surface area contributed by atoms with Crippen molar-refractivity contribution in [3.63, 3.8) is 0 Å². The standard InChI is InChI=1S/C20H18N2O3S/c23-20-17(21-18(25-20)15-7-3-1-4-8-15)19(22-11-13-24-14-12-22)26-16-9-5-2-6-10-16/h1-10H,11-14H2. The predicted molar refractivity (Wildman–Crippen MR) is 101 cm³/mol. The second-order valence-corrected chi connectivity index (χ2v) is 6.90. The lowest BCUT2D eigenvalue weighted by Crippen LogP contribution is -2.35. The van der Waals surface area contributed by atoms with Crippen molar-refractivity contribution in [2.45, 2.75) is 4.90 Å². The fraction of sp³-hybridized carbons (Fsp3) is 0.200. The highest BCUT2D eigenvalue weighted by atomic mass is 32.2. The summed E-state index contributed by atoms with van der Waals surface area (Å²) in [5.41, 5.74) is 1.15. The molecule has 2 aliphatic heterocycles. The van der Waals surface area contributed by atoms with Crippen LogP contribution in [-0.4, -0.2) is 43.1 Å². The number of cyclic esters (lactones) is 1. The van der Waals surface area contributed by atoms with Gasteiger partial charge in [0, 0.05) is 23.5 Å². The van der Waals surface area contributed by atoms with E-state index in [1.54, 1.807) is 0 Å². The zero-order chi connectivity index (χ0) is 17.8. The van der Waals surface area contributed by atoms with E-state index in [0.29, 0.717) is 24.8 Å². The van der Waals surface area contributed by atoms with Crippen molar-refractivity contribution in [3.8, 4) is 0 Å². The summed E-state index contributed by atoms with van der Waals surface area (Å²) < 4.78 is 10.9. The number of nitrogens with zero attached hydrogens (tertiary/aromatic N) is 2. The van der Waals surface area contributed by atoms with Crippen LogP contribution < -0.4 is 0 Å². The molecule has 2 aliphatic rings. The monoisotopic (exact) mass is 366 g/mol. The molecule has 26 heavy (non-hydrogen) atoms. The molecule has 5 nitrogen and oxygen atoms in total. The van der Waals surface area contributed by atoms with Crippen molar-refractivity contribution < 1.29 is 14.3 Å². The van der Waals surface area contributed by atoms with Gasteiger partial charge in [0.2, 0.25) is 5.90 Å². The normalized spacial score (nSPS) is 19.2. The summed E-state index contributed by atoms with van der Waals surface area (Å²) in [7, 11) is 0. The molecular weight excluding hydrogens is 348 g/mol. The third-order valence-electron chi connectivity index (χ3n) is 4.08. The van der Waals surface area contributed by atoms with Crippen LogP contribution in [0.5, 0.6) is 0 Å². The molecule has 2 aromatic rings. The molecule has 2 heterocycles. The summed E-state index contributed by atoms with van der Waals surface area (Å²) in [6.45, 7) is 2.72. The van der Waals surface area contributed by atoms with Crippen LogP contribution in [0.3, 0.4) is 0 Å². The number of thioether (sulfide) groups is 1. The van der Waals surface area contributed by atoms with Gasteiger partial charge in [0.1, 0.15) is 5.03 Å². The molecule has 132 valence electrons. The second-order valence-electron chi connectivity index (χ2n) is 5.84. The van der Waals surface area contributed by atoms with Gasteiger partial charge in [-0.3, -0.25) is 0 Å². The Bertz CT molecular complexity index is 844. The number of ether oxygens (including phenoxy) is 2. The van der Waals surface area contributed by atoms with Gasteiger partial charge in [0.15, 0.2) is 5.70 Å². The first kappa shape index (κ1) is 16.9. The van der Waals surface area contributed by atoms with Crippen molar-refractivity contribution in [1.82, 2.24) is 4.90 Å². The molecule has 0 spiro atoms. The van der Waals surface area contributed by atoms with Gasteiger partial charge in [-0.15, -0.1) is 0 Å². The average molecular weight is 366 g/mol. The van der Waals surface area contributed by atoms with Crippen LogP contribution in [0.4, 0.5) is 0 Å². The number of rotatable bonds is 4. The van der Waals surface area contributed by atoms with Crippen molar-refractivity contribution >= 4 is 23.6 Å². The van der Waals surface area contributed by atoms with Gasteiger partial charge < -0.3 is 14.4 Å². The van der Waals surface area contributed by atoms with Gasteiger partial charge in [-0.1, -0.05) is 48.2 Å². The third-order valence-corrected chi connectivity index (χ3v) is 5.23. The largest absolute Gasteiger partial charge is 0.402 e. The number of esters is 1. The summed E-state index contributed by atoms with van der Waals surface area (Å²) in [5, 5.41) is 0.815. The van der Waals surface area contributed by atoms with Crippen LogP contribution in [0.1, 0.15) is 5.56 Å². The van der Waals surface area contributed by atoms with Crippen LogP contribution in [0, 0.1) is 0 Å². The zero-order valence-corrected chi connectivity index (χ0v) is 14.9. The van der Waals surface area contributed by atoms with E-state index in [0.717, 1.165) is 28.6 Å². The predicted octanol–water partition coefficient (Wildman–Crippen LogP) is 3.28. The van der Waals surface area contributed by atoms with E-state index in [2.05, 4.69) is 9.89 Å². The van der Waals surface area contributed by atoms with Crippen molar-refractivity contribution in [2.24, 2.45) is 4.99 Å². The topological polar surface area (TPSA) is 51.1 Å². The Morgan fingerprint density at radius 2 is 1.62 bits per heavy atom. The zero-order valence-electron chi connectivity index (χ0n) is 14.1. The van der Waals surface area contributed by atoms with E-state index in [1.807, 2.05) is 60.7 Å². The lowest BCUT2D eigenvalue weighted by Gasteiger charge is -2.30. The lowest BCUT2D eigenvalue weighted by molar-refractivity contribution is -0.130. The summed E-state index contributed by atoms with van der Waals surface area (Å²) in [6.07, 6.45) is 0. The molecule has 0 aromatic heterocycles. The van der Waals surface area contributed by atoms with Crippen LogP contribution in [0.2, 0.25) is 0 Å². The molecule has 0 bridgehead atoms. The average Bonchev–Trinajstić information content (AvgIpc) is 3.10. The minimum atomic E-state index is -0.409. The first-order chi connectivity index (χ1) is 12.8. The molecule has 2 aromatic carbocycles. The lowest BCUT2D eigenvalue weighted by atomic mass is 10.2. The van der Waals surface area contributed by atoms with E-state index < -0.39 is 5.97 Å². The highest BCUT2D eigenvalue weighted by Gasteiger charge is 2.31. The summed E-state index contributed by atoms with van der Waals surface area (Å²) >= 11 is 1.54. The first-order valence-electron chi connectivity index (χ1n) is 8.47. The minimum Gasteiger partial charge on any atom is -0.402 e. The van der Waals surface area contributed by atoms with E-state index in [4.69, 9.17) is 9.47 Å². The van der Waals surface area contributed by atoms with E-state index in [1.165, 1.54) is 11.8 Å². The quantitative estimate of drug-likeness (QED) is 0.472. The fourth-order valence-corrected chi connectivity index (χ4v) is 3.83. The van der Waals surface area contributed by atoms with Crippen LogP contribution in [0.15, 0.2) is 81.3 Å². The van der Waals surface area contributed by atoms with Crippen molar-refractivity contribution in [3.05, 3.63) is 77.0 Å². The molecule has 0 radical (unpaired) electrons. The van der Waals surface area contributed by atoms with Crippen LogP contribution in [0.25, 0.3) is 0 Å². The second kappa shape index (κ2) is 7.76. The molecule has 6 heteroatoms. The summed E-state index contributed by atoms with van der Waals surface area (Å²) in [4.78, 5) is 20.3. The Hall–Kier alpha value is -2.57. The van der Waals surface area contributed by atoms with Gasteiger partial charge in [0.25, 0.3) is 0 Å². The van der Waals surface area contributed by atoms with Crippen LogP contribution >= 0.6 is 11.8 Å². The maximum absolute atomic E-state index is 12.6. The van der Waals surface area contributed by atoms with E-state index in [9.17, 15) is 4.79 Å². The highest BCUT2D eigenvalue weighted by molar-refractivity contribution is 8.03. The maximum atomic E-state index is 12.6. The van der Waals surface area contributed by atoms with Gasteiger partial charge in [-0.25, -0.2) is 9.79 Å². The van der Waals surface area contributed by atoms with Gasteiger partial charge >= 0.3 is 5.97 Å². The third kappa shape index (κ3) is 3.66. The van der Waals surface area contributed by atoms with E-state index in [-0.39, 0.29) is 0 Å². The number of aliphatic imine (C=N–C) groups is 1. The number of morpholine rings is 1. The SMILES string of the molecule is O=C1OC(c2ccccc2)=NC1=C(Sc1ccccc1)N1CCOCC1. The number of hydrogen-bond donors (Lipinski definition) is 0. The molecule has 0 N–H and O–H groups in total. The number of carbonyl (C=O) groups excluding carboxylic acids is 1. The van der Waals surface area contributed by atoms with E-state index >= 15 is 0 Å². The maximum Gasteiger partial charge on any atom is 0.366 e. The van der Waals surface area contributed by atoms with Gasteiger partial charge in [-0.05, 0) is 24.3 Å². The highest BCUT2D eigenvalue weighted by Crippen LogP contribution is 2.34. The summed E-state index contributed by atoms with van der Waals surface area (Å²) in [6, 6.07) is 19.5. The molecular formula is C20H18N2O3S. The molecule has 4 rings (SSSR count). The van der Waals surface area contributed by atoms with Crippen molar-refractivity contribution in [1.29, 1.82) is 0 Å². The molecule has 0 unspecified atom stereocenters. The molecule has 1 saturated heterocycles. The molecule has 0 atom stereocenters. The Morgan fingerprint density at radius 1 is 0.962 bits per heavy atom. The smallest absolute Gasteiger partial charge is 0.366 e. The fourth-order valence-electron chi connectivity index (χ4n) is 2.77. The Morgan fingerprint density at radius 3 is 2.31 bits per heavy atom. The van der Waals surface area contributed by atoms with Gasteiger partial charge in [0.05, 0.1) is 13.2 Å². The Balaban J connectivity index is 1.73. The summed E-state index contributed by atoms with van der Waals surface area (Å²) in [5.74, 6) is -0.0567. The number of hydrogen-bond acceptors (Lipinski definition) is 6. The minimum absolute atomic E-state index is 0.352. The van der Waals surface area contributed by atoms with Crippen LogP contribution in [-0.2, 0) is 14.3 Å². The Kier molecular flexibility index (Phi) is 5.04. The van der Waals surface area contributed by atoms with Crippen molar-refractivity contribution in [2.75, 3.05) is 26.3 Å². The molecule has 1 fully saturated rings. The number of benzene rings is 2. The molecule has 0 amide bonds. The number of carbonyl (C=O) groups is 1. The Labute approximate surface area is 156 Å². The first-order valence-corrected chi connectivity index (χ1v) is 9.29.